The van der Waals surface area contributed by atoms with E-state index in [0.29, 0.717) is 16.5 Å². The van der Waals surface area contributed by atoms with Crippen LogP contribution in [0.5, 0.6) is 0 Å². The summed E-state index contributed by atoms with van der Waals surface area (Å²) >= 11 is 11.7. The van der Waals surface area contributed by atoms with Crippen LogP contribution in [0.25, 0.3) is 0 Å². The zero-order valence-corrected chi connectivity index (χ0v) is 9.96. The second-order valence-corrected chi connectivity index (χ2v) is 4.55. The van der Waals surface area contributed by atoms with Gasteiger partial charge in [-0.1, -0.05) is 30.1 Å². The number of hydrogen-bond acceptors (Lipinski definition) is 2. The monoisotopic (exact) mass is 248 g/mol. The van der Waals surface area contributed by atoms with Crippen molar-refractivity contribution < 1.29 is 10.2 Å². The van der Waals surface area contributed by atoms with Crippen molar-refractivity contribution in [3.8, 4) is 0 Å². The summed E-state index contributed by atoms with van der Waals surface area (Å²) in [5.74, 6) is 0.114. The summed E-state index contributed by atoms with van der Waals surface area (Å²) in [6.07, 6.45) is -0.203. The largest absolute Gasteiger partial charge is 0.394 e. The molecule has 15 heavy (non-hydrogen) atoms. The predicted octanol–water partition coefficient (Wildman–Crippen LogP) is 2.84. The topological polar surface area (TPSA) is 40.5 Å². The molecule has 1 aromatic carbocycles. The molecule has 0 fully saturated rings. The molecule has 0 amide bonds. The minimum Gasteiger partial charge on any atom is -0.394 e. The van der Waals surface area contributed by atoms with Gasteiger partial charge >= 0.3 is 0 Å². The van der Waals surface area contributed by atoms with Gasteiger partial charge in [0.15, 0.2) is 0 Å². The van der Waals surface area contributed by atoms with Crippen LogP contribution in [0.15, 0.2) is 18.2 Å². The van der Waals surface area contributed by atoms with Gasteiger partial charge in [-0.25, -0.2) is 0 Å². The fourth-order valence-corrected chi connectivity index (χ4v) is 2.02. The fourth-order valence-electron chi connectivity index (χ4n) is 1.48. The van der Waals surface area contributed by atoms with Gasteiger partial charge < -0.3 is 10.2 Å². The number of aliphatic hydroxyl groups excluding tert-OH is 2. The lowest BCUT2D eigenvalue weighted by atomic mass is 9.95. The predicted molar refractivity (Wildman–Crippen MR) is 62.6 cm³/mol. The van der Waals surface area contributed by atoms with E-state index in [1.807, 2.05) is 19.1 Å². The third kappa shape index (κ3) is 3.99. The zero-order chi connectivity index (χ0) is 11.4. The Morgan fingerprint density at radius 3 is 2.20 bits per heavy atom. The van der Waals surface area contributed by atoms with Crippen LogP contribution < -0.4 is 0 Å². The van der Waals surface area contributed by atoms with Crippen LogP contribution in [-0.4, -0.2) is 22.9 Å². The summed E-state index contributed by atoms with van der Waals surface area (Å²) in [4.78, 5) is 0. The summed E-state index contributed by atoms with van der Waals surface area (Å²) in [6.45, 7) is 1.74. The van der Waals surface area contributed by atoms with Crippen LogP contribution in [-0.2, 0) is 0 Å². The number of halogens is 2. The van der Waals surface area contributed by atoms with Crippen LogP contribution in [0, 0.1) is 0 Å². The minimum absolute atomic E-state index is 0.114. The standard InChI is InChI=1S/C11H14Cl2O2/c1-7(2-11(15)6-14)8-3-9(12)5-10(13)4-8/h3-5,7,11,14-15H,2,6H2,1H3. The quantitative estimate of drug-likeness (QED) is 0.861. The van der Waals surface area contributed by atoms with Gasteiger partial charge in [-0.05, 0) is 36.1 Å². The molecule has 84 valence electrons. The van der Waals surface area contributed by atoms with Crippen molar-refractivity contribution in [2.24, 2.45) is 0 Å². The first kappa shape index (κ1) is 12.8. The maximum absolute atomic E-state index is 9.31. The van der Waals surface area contributed by atoms with Gasteiger partial charge in [0.05, 0.1) is 12.7 Å². The number of hydrogen-bond donors (Lipinski definition) is 2. The van der Waals surface area contributed by atoms with E-state index in [2.05, 4.69) is 0 Å². The Hall–Kier alpha value is -0.280. The molecule has 0 bridgehead atoms. The molecule has 0 aliphatic heterocycles. The Kier molecular flexibility index (Phi) is 4.87. The van der Waals surface area contributed by atoms with Crippen LogP contribution in [0.1, 0.15) is 24.8 Å². The molecule has 1 aromatic rings. The lowest BCUT2D eigenvalue weighted by molar-refractivity contribution is 0.0835. The summed E-state index contributed by atoms with van der Waals surface area (Å²) in [5, 5.41) is 19.2. The molecule has 0 spiro atoms. The average Bonchev–Trinajstić information content (AvgIpc) is 2.16. The Morgan fingerprint density at radius 2 is 1.73 bits per heavy atom. The summed E-state index contributed by atoms with van der Waals surface area (Å²) in [7, 11) is 0. The molecule has 0 saturated carbocycles. The van der Waals surface area contributed by atoms with Crippen LogP contribution in [0.4, 0.5) is 0 Å². The van der Waals surface area contributed by atoms with Crippen LogP contribution >= 0.6 is 23.2 Å². The number of aliphatic hydroxyl groups is 2. The Morgan fingerprint density at radius 1 is 1.20 bits per heavy atom. The van der Waals surface area contributed by atoms with Gasteiger partial charge in [0.2, 0.25) is 0 Å². The van der Waals surface area contributed by atoms with E-state index >= 15 is 0 Å². The van der Waals surface area contributed by atoms with Gasteiger partial charge in [0, 0.05) is 10.0 Å². The van der Waals surface area contributed by atoms with Gasteiger partial charge in [-0.15, -0.1) is 0 Å². The molecule has 2 nitrogen and oxygen atoms in total. The van der Waals surface area contributed by atoms with Crippen molar-refractivity contribution in [3.63, 3.8) is 0 Å². The van der Waals surface area contributed by atoms with E-state index in [1.165, 1.54) is 0 Å². The molecule has 0 saturated heterocycles. The first-order valence-electron chi connectivity index (χ1n) is 4.78. The van der Waals surface area contributed by atoms with E-state index < -0.39 is 6.10 Å². The van der Waals surface area contributed by atoms with Gasteiger partial charge in [0.25, 0.3) is 0 Å². The van der Waals surface area contributed by atoms with Gasteiger partial charge in [0.1, 0.15) is 0 Å². The first-order chi connectivity index (χ1) is 7.02. The van der Waals surface area contributed by atoms with Crippen LogP contribution in [0.2, 0.25) is 10.0 Å². The molecule has 0 heterocycles. The third-order valence-electron chi connectivity index (χ3n) is 2.29. The van der Waals surface area contributed by atoms with Crippen molar-refractivity contribution >= 4 is 23.2 Å². The van der Waals surface area contributed by atoms with E-state index in [-0.39, 0.29) is 12.5 Å². The maximum atomic E-state index is 9.31. The minimum atomic E-state index is -0.697. The lowest BCUT2D eigenvalue weighted by Crippen LogP contribution is -2.15. The molecule has 0 aromatic heterocycles. The Labute approximate surface area is 99.5 Å². The SMILES string of the molecule is CC(CC(O)CO)c1cc(Cl)cc(Cl)c1. The molecule has 2 N–H and O–H groups in total. The first-order valence-corrected chi connectivity index (χ1v) is 5.53. The second-order valence-electron chi connectivity index (χ2n) is 3.68. The molecule has 0 aliphatic carbocycles. The van der Waals surface area contributed by atoms with Crippen molar-refractivity contribution in [1.82, 2.24) is 0 Å². The van der Waals surface area contributed by atoms with E-state index in [0.717, 1.165) is 5.56 Å². The van der Waals surface area contributed by atoms with Gasteiger partial charge in [-0.3, -0.25) is 0 Å². The lowest BCUT2D eigenvalue weighted by Gasteiger charge is -2.15. The molecule has 0 aliphatic rings. The summed E-state index contributed by atoms with van der Waals surface area (Å²) in [6, 6.07) is 5.31. The number of rotatable bonds is 4. The second kappa shape index (κ2) is 5.71. The van der Waals surface area contributed by atoms with Crippen LogP contribution in [0.3, 0.4) is 0 Å². The summed E-state index contributed by atoms with van der Waals surface area (Å²) < 4.78 is 0. The molecule has 0 radical (unpaired) electrons. The normalized spacial score (nSPS) is 15.0. The molecule has 4 heteroatoms. The highest BCUT2D eigenvalue weighted by molar-refractivity contribution is 6.34. The summed E-state index contributed by atoms with van der Waals surface area (Å²) in [5.41, 5.74) is 0.972. The molecule has 2 unspecified atom stereocenters. The van der Waals surface area contributed by atoms with Crippen molar-refractivity contribution in [3.05, 3.63) is 33.8 Å². The molecular formula is C11H14Cl2O2. The third-order valence-corrected chi connectivity index (χ3v) is 2.73. The highest BCUT2D eigenvalue weighted by Crippen LogP contribution is 2.27. The van der Waals surface area contributed by atoms with E-state index in [9.17, 15) is 5.11 Å². The highest BCUT2D eigenvalue weighted by Gasteiger charge is 2.12. The van der Waals surface area contributed by atoms with Gasteiger partial charge in [-0.2, -0.15) is 0 Å². The van der Waals surface area contributed by atoms with Crippen molar-refractivity contribution in [2.75, 3.05) is 6.61 Å². The Balaban J connectivity index is 2.77. The fraction of sp³-hybridized carbons (Fsp3) is 0.455. The maximum Gasteiger partial charge on any atom is 0.0776 e. The smallest absolute Gasteiger partial charge is 0.0776 e. The van der Waals surface area contributed by atoms with E-state index in [4.69, 9.17) is 28.3 Å². The number of benzene rings is 1. The molecule has 1 rings (SSSR count). The average molecular weight is 249 g/mol. The zero-order valence-electron chi connectivity index (χ0n) is 8.45. The molecule has 2 atom stereocenters. The van der Waals surface area contributed by atoms with Crippen molar-refractivity contribution in [2.45, 2.75) is 25.4 Å². The van der Waals surface area contributed by atoms with E-state index in [1.54, 1.807) is 6.07 Å². The highest BCUT2D eigenvalue weighted by atomic mass is 35.5. The van der Waals surface area contributed by atoms with Crippen molar-refractivity contribution in [1.29, 1.82) is 0 Å². The molecular weight excluding hydrogens is 235 g/mol. The Bertz CT molecular complexity index is 308.